The molecule has 0 spiro atoms. The van der Waals surface area contributed by atoms with Gasteiger partial charge >= 0.3 is 51.4 Å². The van der Waals surface area contributed by atoms with Crippen molar-refractivity contribution >= 4 is 10.8 Å². The van der Waals surface area contributed by atoms with Crippen LogP contribution in [0.5, 0.6) is 0 Å². The van der Waals surface area contributed by atoms with Crippen LogP contribution in [-0.2, 0) is 0 Å². The van der Waals surface area contributed by atoms with Gasteiger partial charge in [-0.2, -0.15) is 23.8 Å². The molecule has 0 N–H and O–H groups in total. The molecule has 0 unspecified atom stereocenters. The van der Waals surface area contributed by atoms with Gasteiger partial charge in [0.15, 0.2) is 0 Å². The molecule has 1 heteroatoms. The molecular weight excluding hydrogens is 171 g/mol. The fourth-order valence-corrected chi connectivity index (χ4v) is 1.24. The predicted molar refractivity (Wildman–Crippen MR) is 47.5 cm³/mol. The Kier molecular flexibility index (Phi) is 3.94. The van der Waals surface area contributed by atoms with Crippen LogP contribution in [0.25, 0.3) is 10.8 Å². The SMILES string of the molecule is Cc1[c-]cc2ccccc2c1.[K+]. The van der Waals surface area contributed by atoms with Crippen molar-refractivity contribution in [3.05, 3.63) is 48.0 Å². The Morgan fingerprint density at radius 2 is 1.75 bits per heavy atom. The van der Waals surface area contributed by atoms with Crippen molar-refractivity contribution in [1.82, 2.24) is 0 Å². The van der Waals surface area contributed by atoms with Gasteiger partial charge in [0.25, 0.3) is 0 Å². The predicted octanol–water partition coefficient (Wildman–Crippen LogP) is -0.0476. The van der Waals surface area contributed by atoms with Crippen LogP contribution < -0.4 is 51.4 Å². The largest absolute Gasteiger partial charge is 1.00 e. The van der Waals surface area contributed by atoms with Crippen LogP contribution in [0, 0.1) is 13.0 Å². The summed E-state index contributed by atoms with van der Waals surface area (Å²) in [6.07, 6.45) is 0. The second-order valence-electron chi connectivity index (χ2n) is 2.74. The summed E-state index contributed by atoms with van der Waals surface area (Å²) in [5.74, 6) is 0. The van der Waals surface area contributed by atoms with Crippen molar-refractivity contribution in [1.29, 1.82) is 0 Å². The van der Waals surface area contributed by atoms with E-state index in [1.54, 1.807) is 0 Å². The van der Waals surface area contributed by atoms with Gasteiger partial charge < -0.3 is 0 Å². The summed E-state index contributed by atoms with van der Waals surface area (Å²) in [6.45, 7) is 2.06. The Labute approximate surface area is 115 Å². The summed E-state index contributed by atoms with van der Waals surface area (Å²) in [4.78, 5) is 0. The normalized spacial score (nSPS) is 9.42. The van der Waals surface area contributed by atoms with E-state index in [0.717, 1.165) is 0 Å². The minimum atomic E-state index is 0. The molecule has 0 radical (unpaired) electrons. The van der Waals surface area contributed by atoms with Crippen LogP contribution in [0.1, 0.15) is 5.56 Å². The van der Waals surface area contributed by atoms with Gasteiger partial charge in [-0.25, -0.2) is 0 Å². The quantitative estimate of drug-likeness (QED) is 0.394. The fraction of sp³-hybridized carbons (Fsp3) is 0.0909. The fourth-order valence-electron chi connectivity index (χ4n) is 1.24. The molecule has 0 aliphatic rings. The van der Waals surface area contributed by atoms with Gasteiger partial charge in [0.1, 0.15) is 0 Å². The molecule has 0 aliphatic carbocycles. The summed E-state index contributed by atoms with van der Waals surface area (Å²) in [5, 5.41) is 2.56. The topological polar surface area (TPSA) is 0 Å². The molecular formula is C11H9K. The first-order valence-corrected chi connectivity index (χ1v) is 3.73. The Morgan fingerprint density at radius 1 is 1.08 bits per heavy atom. The van der Waals surface area contributed by atoms with Crippen molar-refractivity contribution in [3.8, 4) is 0 Å². The van der Waals surface area contributed by atoms with Gasteiger partial charge in [-0.1, -0.05) is 25.1 Å². The summed E-state index contributed by atoms with van der Waals surface area (Å²) >= 11 is 0. The van der Waals surface area contributed by atoms with Crippen LogP contribution in [0.3, 0.4) is 0 Å². The van der Waals surface area contributed by atoms with Crippen molar-refractivity contribution in [2.45, 2.75) is 6.92 Å². The van der Waals surface area contributed by atoms with Gasteiger partial charge in [0.05, 0.1) is 0 Å². The smallest absolute Gasteiger partial charge is 0.180 e. The Hall–Kier alpha value is 0.336. The molecule has 0 bridgehead atoms. The molecule has 2 aromatic carbocycles. The molecule has 0 aromatic heterocycles. The van der Waals surface area contributed by atoms with Gasteiger partial charge in [-0.05, 0) is 0 Å². The van der Waals surface area contributed by atoms with Crippen molar-refractivity contribution in [3.63, 3.8) is 0 Å². The Bertz CT molecular complexity index is 379. The second kappa shape index (κ2) is 4.54. The van der Waals surface area contributed by atoms with Crippen LogP contribution in [0.15, 0.2) is 36.4 Å². The zero-order chi connectivity index (χ0) is 7.68. The molecule has 0 saturated heterocycles. The number of hydrogen-bond acceptors (Lipinski definition) is 0. The van der Waals surface area contributed by atoms with E-state index in [2.05, 4.69) is 37.3 Å². The minimum absolute atomic E-state index is 0. The van der Waals surface area contributed by atoms with E-state index in [4.69, 9.17) is 0 Å². The Balaban J connectivity index is 0.000000720. The molecule has 0 nitrogen and oxygen atoms in total. The molecule has 54 valence electrons. The first-order chi connectivity index (χ1) is 5.36. The van der Waals surface area contributed by atoms with E-state index in [9.17, 15) is 0 Å². The van der Waals surface area contributed by atoms with E-state index in [-0.39, 0.29) is 51.4 Å². The molecule has 0 heterocycles. The number of rotatable bonds is 0. The third-order valence-corrected chi connectivity index (χ3v) is 1.82. The summed E-state index contributed by atoms with van der Waals surface area (Å²) in [5.41, 5.74) is 1.20. The molecule has 0 atom stereocenters. The first kappa shape index (κ1) is 10.4. The molecule has 0 fully saturated rings. The number of benzene rings is 2. The molecule has 2 rings (SSSR count). The van der Waals surface area contributed by atoms with Crippen LogP contribution in [0.2, 0.25) is 0 Å². The van der Waals surface area contributed by atoms with Crippen molar-refractivity contribution in [2.24, 2.45) is 0 Å². The van der Waals surface area contributed by atoms with E-state index < -0.39 is 0 Å². The molecule has 0 saturated carbocycles. The maximum absolute atomic E-state index is 3.17. The van der Waals surface area contributed by atoms with Gasteiger partial charge in [-0.15, -0.1) is 16.8 Å². The minimum Gasteiger partial charge on any atom is -0.180 e. The van der Waals surface area contributed by atoms with Crippen molar-refractivity contribution in [2.75, 3.05) is 0 Å². The standard InChI is InChI=1S/C11H9.K/c1-9-6-7-10-4-2-3-5-11(10)8-9;/h2-5,7-8H,1H3;/q-1;+1. The van der Waals surface area contributed by atoms with Gasteiger partial charge in [0.2, 0.25) is 0 Å². The van der Waals surface area contributed by atoms with Gasteiger partial charge in [-0.3, -0.25) is 0 Å². The maximum Gasteiger partial charge on any atom is 1.00 e. The van der Waals surface area contributed by atoms with E-state index in [1.165, 1.54) is 16.3 Å². The number of fused-ring (bicyclic) bond motifs is 1. The van der Waals surface area contributed by atoms with Crippen LogP contribution in [0.4, 0.5) is 0 Å². The third kappa shape index (κ3) is 2.18. The van der Waals surface area contributed by atoms with Gasteiger partial charge in [0, 0.05) is 0 Å². The van der Waals surface area contributed by atoms with Crippen LogP contribution in [-0.4, -0.2) is 0 Å². The van der Waals surface area contributed by atoms with E-state index >= 15 is 0 Å². The average Bonchev–Trinajstić information content (AvgIpc) is 2.04. The first-order valence-electron chi connectivity index (χ1n) is 3.73. The number of aryl methyl sites for hydroxylation is 1. The number of hydrogen-bond donors (Lipinski definition) is 0. The van der Waals surface area contributed by atoms with Crippen LogP contribution >= 0.6 is 0 Å². The maximum atomic E-state index is 3.17. The second-order valence-corrected chi connectivity index (χ2v) is 2.74. The molecule has 2 aromatic rings. The van der Waals surface area contributed by atoms with E-state index in [1.807, 2.05) is 12.1 Å². The average molecular weight is 180 g/mol. The molecule has 12 heavy (non-hydrogen) atoms. The third-order valence-electron chi connectivity index (χ3n) is 1.82. The van der Waals surface area contributed by atoms with Crippen molar-refractivity contribution < 1.29 is 51.4 Å². The summed E-state index contributed by atoms with van der Waals surface area (Å²) in [6, 6.07) is 15.7. The monoisotopic (exact) mass is 180 g/mol. The summed E-state index contributed by atoms with van der Waals surface area (Å²) < 4.78 is 0. The zero-order valence-electron chi connectivity index (χ0n) is 7.46. The zero-order valence-corrected chi connectivity index (χ0v) is 10.6. The Morgan fingerprint density at radius 3 is 2.50 bits per heavy atom. The molecule has 0 amide bonds. The molecule has 0 aliphatic heterocycles. The van der Waals surface area contributed by atoms with E-state index in [0.29, 0.717) is 0 Å². The summed E-state index contributed by atoms with van der Waals surface area (Å²) in [7, 11) is 0.